The fraction of sp³-hybridized carbons (Fsp3) is 0.467. The number of carbonyl (C=O) groups is 2. The highest BCUT2D eigenvalue weighted by atomic mass is 16.5. The maximum Gasteiger partial charge on any atom is 0.328 e. The van der Waals surface area contributed by atoms with E-state index in [1.54, 1.807) is 24.0 Å². The molecular formula is C15H19NO4. The smallest absolute Gasteiger partial charge is 0.328 e. The van der Waals surface area contributed by atoms with Crippen molar-refractivity contribution < 1.29 is 19.1 Å². The Kier molecular flexibility index (Phi) is 4.98. The minimum atomic E-state index is -0.457. The van der Waals surface area contributed by atoms with Gasteiger partial charge in [-0.2, -0.15) is 0 Å². The van der Waals surface area contributed by atoms with Crippen molar-refractivity contribution >= 4 is 11.9 Å². The van der Waals surface area contributed by atoms with Crippen LogP contribution in [0.1, 0.15) is 19.8 Å². The Morgan fingerprint density at radius 3 is 2.75 bits per heavy atom. The summed E-state index contributed by atoms with van der Waals surface area (Å²) in [6.07, 6.45) is 1.48. The molecular weight excluding hydrogens is 258 g/mol. The molecule has 108 valence electrons. The van der Waals surface area contributed by atoms with E-state index in [1.807, 2.05) is 18.2 Å². The van der Waals surface area contributed by atoms with E-state index >= 15 is 0 Å². The average Bonchev–Trinajstić information content (AvgIpc) is 2.96. The monoisotopic (exact) mass is 277 g/mol. The number of hydrogen-bond donors (Lipinski definition) is 0. The van der Waals surface area contributed by atoms with Crippen LogP contribution in [0, 0.1) is 0 Å². The van der Waals surface area contributed by atoms with E-state index in [4.69, 9.17) is 9.47 Å². The molecule has 0 aromatic heterocycles. The Bertz CT molecular complexity index is 460. The molecule has 1 unspecified atom stereocenters. The summed E-state index contributed by atoms with van der Waals surface area (Å²) >= 11 is 0. The fourth-order valence-corrected chi connectivity index (χ4v) is 2.29. The quantitative estimate of drug-likeness (QED) is 0.767. The van der Waals surface area contributed by atoms with Gasteiger partial charge >= 0.3 is 5.97 Å². The number of nitrogens with zero attached hydrogens (tertiary/aromatic N) is 1. The molecule has 0 spiro atoms. The molecule has 1 aromatic rings. The largest absolute Gasteiger partial charge is 0.484 e. The van der Waals surface area contributed by atoms with Gasteiger partial charge in [-0.3, -0.25) is 4.79 Å². The lowest BCUT2D eigenvalue weighted by molar-refractivity contribution is -0.153. The highest BCUT2D eigenvalue weighted by Gasteiger charge is 2.35. The SMILES string of the molecule is CCOC(=O)C1CCCN1C(=O)COc1ccccc1. The zero-order valence-electron chi connectivity index (χ0n) is 11.6. The molecule has 0 bridgehead atoms. The predicted molar refractivity (Wildman–Crippen MR) is 73.3 cm³/mol. The van der Waals surface area contributed by atoms with Gasteiger partial charge in [0.05, 0.1) is 6.61 Å². The van der Waals surface area contributed by atoms with Crippen molar-refractivity contribution in [3.63, 3.8) is 0 Å². The summed E-state index contributed by atoms with van der Waals surface area (Å²) in [5.74, 6) is 0.148. The molecule has 0 N–H and O–H groups in total. The first-order chi connectivity index (χ1) is 9.72. The third-order valence-corrected chi connectivity index (χ3v) is 3.24. The Hall–Kier alpha value is -2.04. The third-order valence-electron chi connectivity index (χ3n) is 3.24. The van der Waals surface area contributed by atoms with Crippen molar-refractivity contribution in [2.45, 2.75) is 25.8 Å². The zero-order chi connectivity index (χ0) is 14.4. The highest BCUT2D eigenvalue weighted by molar-refractivity contribution is 5.86. The number of ether oxygens (including phenoxy) is 2. The fourth-order valence-electron chi connectivity index (χ4n) is 2.29. The first kappa shape index (κ1) is 14.4. The molecule has 0 saturated carbocycles. The van der Waals surface area contributed by atoms with Crippen molar-refractivity contribution in [2.75, 3.05) is 19.8 Å². The average molecular weight is 277 g/mol. The Morgan fingerprint density at radius 1 is 1.30 bits per heavy atom. The van der Waals surface area contributed by atoms with Crippen LogP contribution in [0.2, 0.25) is 0 Å². The minimum Gasteiger partial charge on any atom is -0.484 e. The van der Waals surface area contributed by atoms with Crippen molar-refractivity contribution in [1.82, 2.24) is 4.90 Å². The molecule has 1 atom stereocenters. The molecule has 1 fully saturated rings. The van der Waals surface area contributed by atoms with Gasteiger partial charge in [0.2, 0.25) is 0 Å². The van der Waals surface area contributed by atoms with Crippen LogP contribution in [0.4, 0.5) is 0 Å². The second-order valence-corrected chi connectivity index (χ2v) is 4.60. The van der Waals surface area contributed by atoms with Crippen molar-refractivity contribution in [2.24, 2.45) is 0 Å². The van der Waals surface area contributed by atoms with E-state index in [2.05, 4.69) is 0 Å². The molecule has 2 rings (SSSR count). The lowest BCUT2D eigenvalue weighted by Gasteiger charge is -2.23. The van der Waals surface area contributed by atoms with Gasteiger partial charge in [0.1, 0.15) is 11.8 Å². The molecule has 1 aliphatic rings. The summed E-state index contributed by atoms with van der Waals surface area (Å²) in [4.78, 5) is 25.5. The number of para-hydroxylation sites is 1. The maximum atomic E-state index is 12.1. The van der Waals surface area contributed by atoms with Gasteiger partial charge in [0, 0.05) is 6.54 Å². The first-order valence-electron chi connectivity index (χ1n) is 6.86. The second-order valence-electron chi connectivity index (χ2n) is 4.60. The molecule has 20 heavy (non-hydrogen) atoms. The number of hydrogen-bond acceptors (Lipinski definition) is 4. The van der Waals surface area contributed by atoms with Crippen LogP contribution in [-0.4, -0.2) is 42.6 Å². The van der Waals surface area contributed by atoms with Crippen LogP contribution >= 0.6 is 0 Å². The number of likely N-dealkylation sites (tertiary alicyclic amines) is 1. The van der Waals surface area contributed by atoms with E-state index in [1.165, 1.54) is 0 Å². The Balaban J connectivity index is 1.89. The van der Waals surface area contributed by atoms with Gasteiger partial charge in [0.15, 0.2) is 6.61 Å². The molecule has 5 nitrogen and oxygen atoms in total. The van der Waals surface area contributed by atoms with Gasteiger partial charge in [0.25, 0.3) is 5.91 Å². The summed E-state index contributed by atoms with van der Waals surface area (Å²) in [5, 5.41) is 0. The van der Waals surface area contributed by atoms with Crippen LogP contribution in [0.3, 0.4) is 0 Å². The Morgan fingerprint density at radius 2 is 2.05 bits per heavy atom. The third kappa shape index (κ3) is 3.50. The Labute approximate surface area is 118 Å². The van der Waals surface area contributed by atoms with Crippen LogP contribution in [0.25, 0.3) is 0 Å². The number of amides is 1. The second kappa shape index (κ2) is 6.93. The number of esters is 1. The van der Waals surface area contributed by atoms with Gasteiger partial charge in [-0.25, -0.2) is 4.79 Å². The van der Waals surface area contributed by atoms with Crippen LogP contribution < -0.4 is 4.74 Å². The van der Waals surface area contributed by atoms with Crippen molar-refractivity contribution in [3.05, 3.63) is 30.3 Å². The zero-order valence-corrected chi connectivity index (χ0v) is 11.6. The molecule has 0 radical (unpaired) electrons. The molecule has 1 saturated heterocycles. The molecule has 1 heterocycles. The van der Waals surface area contributed by atoms with Gasteiger partial charge in [-0.05, 0) is 31.9 Å². The van der Waals surface area contributed by atoms with E-state index < -0.39 is 6.04 Å². The standard InChI is InChI=1S/C15H19NO4/c1-2-19-15(18)13-9-6-10-16(13)14(17)11-20-12-7-4-3-5-8-12/h3-5,7-8,13H,2,6,9-11H2,1H3. The van der Waals surface area contributed by atoms with Gasteiger partial charge < -0.3 is 14.4 Å². The number of rotatable bonds is 5. The maximum absolute atomic E-state index is 12.1. The summed E-state index contributed by atoms with van der Waals surface area (Å²) in [6.45, 7) is 2.62. The van der Waals surface area contributed by atoms with Crippen molar-refractivity contribution in [1.29, 1.82) is 0 Å². The summed E-state index contributed by atoms with van der Waals surface area (Å²) in [7, 11) is 0. The molecule has 5 heteroatoms. The van der Waals surface area contributed by atoms with E-state index in [0.717, 1.165) is 6.42 Å². The molecule has 1 aliphatic heterocycles. The minimum absolute atomic E-state index is 0.0556. The lowest BCUT2D eigenvalue weighted by Crippen LogP contribution is -2.43. The molecule has 0 aliphatic carbocycles. The van der Waals surface area contributed by atoms with E-state index in [9.17, 15) is 9.59 Å². The predicted octanol–water partition coefficient (Wildman–Crippen LogP) is 1.62. The highest BCUT2D eigenvalue weighted by Crippen LogP contribution is 2.19. The van der Waals surface area contributed by atoms with Gasteiger partial charge in [-0.1, -0.05) is 18.2 Å². The first-order valence-corrected chi connectivity index (χ1v) is 6.86. The topological polar surface area (TPSA) is 55.8 Å². The summed E-state index contributed by atoms with van der Waals surface area (Å²) < 4.78 is 10.4. The van der Waals surface area contributed by atoms with Gasteiger partial charge in [-0.15, -0.1) is 0 Å². The number of benzene rings is 1. The summed E-state index contributed by atoms with van der Waals surface area (Å²) in [6, 6.07) is 8.70. The molecule has 1 aromatic carbocycles. The van der Waals surface area contributed by atoms with Crippen molar-refractivity contribution in [3.8, 4) is 5.75 Å². The lowest BCUT2D eigenvalue weighted by atomic mass is 10.2. The van der Waals surface area contributed by atoms with Crippen LogP contribution in [0.5, 0.6) is 5.75 Å². The summed E-state index contributed by atoms with van der Waals surface area (Å²) in [5.41, 5.74) is 0. The molecule has 1 amide bonds. The number of carbonyl (C=O) groups excluding carboxylic acids is 2. The van der Waals surface area contributed by atoms with Crippen LogP contribution in [0.15, 0.2) is 30.3 Å². The van der Waals surface area contributed by atoms with E-state index in [-0.39, 0.29) is 18.5 Å². The van der Waals surface area contributed by atoms with Crippen LogP contribution in [-0.2, 0) is 14.3 Å². The normalized spacial score (nSPS) is 17.9. The van der Waals surface area contributed by atoms with E-state index in [0.29, 0.717) is 25.3 Å².